The molecule has 0 bridgehead atoms. The van der Waals surface area contributed by atoms with Crippen molar-refractivity contribution in [1.82, 2.24) is 9.47 Å². The topological polar surface area (TPSA) is 88.6 Å². The van der Waals surface area contributed by atoms with Crippen molar-refractivity contribution in [3.05, 3.63) is 71.2 Å². The molecule has 6 nitrogen and oxygen atoms in total. The minimum absolute atomic E-state index is 0.0775. The lowest BCUT2D eigenvalue weighted by Crippen LogP contribution is -2.50. The second-order valence-corrected chi connectivity index (χ2v) is 6.69. The third kappa shape index (κ3) is 2.91. The van der Waals surface area contributed by atoms with Crippen molar-refractivity contribution < 1.29 is 19.1 Å². The molecule has 27 heavy (non-hydrogen) atoms. The summed E-state index contributed by atoms with van der Waals surface area (Å²) in [4.78, 5) is 24.6. The molecule has 2 heterocycles. The quantitative estimate of drug-likeness (QED) is 0.746. The Morgan fingerprint density at radius 2 is 1.85 bits per heavy atom. The molecule has 0 spiro atoms. The number of benzene rings is 2. The highest BCUT2D eigenvalue weighted by molar-refractivity contribution is 5.90. The first-order valence-electron chi connectivity index (χ1n) is 8.58. The predicted molar refractivity (Wildman–Crippen MR) is 97.7 cm³/mol. The molecule has 0 saturated heterocycles. The van der Waals surface area contributed by atoms with Crippen molar-refractivity contribution in [3.8, 4) is 0 Å². The van der Waals surface area contributed by atoms with Crippen LogP contribution < -0.4 is 5.73 Å². The normalized spacial score (nSPS) is 16.3. The Morgan fingerprint density at radius 1 is 1.15 bits per heavy atom. The molecule has 1 aliphatic rings. The number of rotatable bonds is 3. The first-order chi connectivity index (χ1) is 13.0. The van der Waals surface area contributed by atoms with Gasteiger partial charge in [0.15, 0.2) is 0 Å². The number of hydrogen-bond acceptors (Lipinski definition) is 2. The number of primary amides is 1. The minimum Gasteiger partial charge on any atom is -0.465 e. The van der Waals surface area contributed by atoms with E-state index in [0.717, 1.165) is 32.6 Å². The first-order valence-corrected chi connectivity index (χ1v) is 8.58. The molecule has 0 fully saturated rings. The van der Waals surface area contributed by atoms with Crippen molar-refractivity contribution >= 4 is 22.9 Å². The summed E-state index contributed by atoms with van der Waals surface area (Å²) >= 11 is 0. The fraction of sp³-hybridized carbons (Fsp3) is 0.200. The lowest BCUT2D eigenvalue weighted by atomic mass is 9.96. The van der Waals surface area contributed by atoms with Crippen LogP contribution in [0.15, 0.2) is 48.5 Å². The van der Waals surface area contributed by atoms with Gasteiger partial charge in [0.2, 0.25) is 5.91 Å². The van der Waals surface area contributed by atoms with E-state index < -0.39 is 18.0 Å². The molecular formula is C20H18FN3O3. The van der Waals surface area contributed by atoms with Crippen LogP contribution in [0.5, 0.6) is 0 Å². The summed E-state index contributed by atoms with van der Waals surface area (Å²) in [5, 5.41) is 10.5. The molecule has 7 heteroatoms. The van der Waals surface area contributed by atoms with Gasteiger partial charge in [-0.2, -0.15) is 0 Å². The Bertz CT molecular complexity index is 1040. The predicted octanol–water partition coefficient (Wildman–Crippen LogP) is 2.72. The van der Waals surface area contributed by atoms with Crippen molar-refractivity contribution in [2.24, 2.45) is 5.73 Å². The number of hydrogen-bond donors (Lipinski definition) is 2. The minimum atomic E-state index is -1.18. The summed E-state index contributed by atoms with van der Waals surface area (Å²) in [7, 11) is 0. The number of carbonyl (C=O) groups is 2. The van der Waals surface area contributed by atoms with E-state index >= 15 is 0 Å². The van der Waals surface area contributed by atoms with Gasteiger partial charge in [0.05, 0.1) is 6.54 Å². The highest BCUT2D eigenvalue weighted by Crippen LogP contribution is 2.33. The number of carbonyl (C=O) groups excluding carboxylic acids is 1. The van der Waals surface area contributed by atoms with Gasteiger partial charge in [-0.3, -0.25) is 9.69 Å². The molecule has 0 radical (unpaired) electrons. The van der Waals surface area contributed by atoms with Crippen LogP contribution in [-0.2, 0) is 24.3 Å². The van der Waals surface area contributed by atoms with E-state index in [0.29, 0.717) is 6.54 Å². The van der Waals surface area contributed by atoms with E-state index in [1.165, 1.54) is 12.1 Å². The summed E-state index contributed by atoms with van der Waals surface area (Å²) in [6.45, 7) is 0.555. The van der Waals surface area contributed by atoms with Crippen LogP contribution >= 0.6 is 0 Å². The summed E-state index contributed by atoms with van der Waals surface area (Å²) < 4.78 is 15.3. The second-order valence-electron chi connectivity index (χ2n) is 6.69. The molecule has 1 aliphatic heterocycles. The van der Waals surface area contributed by atoms with E-state index in [4.69, 9.17) is 5.73 Å². The van der Waals surface area contributed by atoms with E-state index in [-0.39, 0.29) is 18.8 Å². The molecule has 1 unspecified atom stereocenters. The molecule has 1 aromatic heterocycles. The van der Waals surface area contributed by atoms with Gasteiger partial charge in [0.1, 0.15) is 11.9 Å². The van der Waals surface area contributed by atoms with Gasteiger partial charge in [-0.25, -0.2) is 9.18 Å². The van der Waals surface area contributed by atoms with Gasteiger partial charge in [-0.15, -0.1) is 0 Å². The standard InChI is InChI=1S/C20H18FN3O3/c21-13-7-5-12(6-8-13)10-23-16-4-2-1-3-14(16)15-9-17(19(22)25)24(20(26)27)11-18(15)23/h1-8,17H,9-11H2,(H2,22,25)(H,26,27). The van der Waals surface area contributed by atoms with Crippen molar-refractivity contribution in [3.63, 3.8) is 0 Å². The number of carboxylic acid groups (broad SMARTS) is 1. The molecule has 2 amide bonds. The molecule has 2 aromatic carbocycles. The fourth-order valence-corrected chi connectivity index (χ4v) is 3.82. The van der Waals surface area contributed by atoms with Crippen LogP contribution in [-0.4, -0.2) is 32.6 Å². The summed E-state index contributed by atoms with van der Waals surface area (Å²) in [5.74, 6) is -0.960. The largest absolute Gasteiger partial charge is 0.465 e. The molecule has 0 saturated carbocycles. The highest BCUT2D eigenvalue weighted by atomic mass is 19.1. The molecule has 0 aliphatic carbocycles. The lowest BCUT2D eigenvalue weighted by molar-refractivity contribution is -0.123. The Hall–Kier alpha value is -3.35. The van der Waals surface area contributed by atoms with Gasteiger partial charge in [-0.05, 0) is 29.3 Å². The third-order valence-electron chi connectivity index (χ3n) is 5.12. The lowest BCUT2D eigenvalue weighted by Gasteiger charge is -2.32. The van der Waals surface area contributed by atoms with Gasteiger partial charge in [-0.1, -0.05) is 30.3 Å². The maximum absolute atomic E-state index is 13.2. The van der Waals surface area contributed by atoms with Crippen LogP contribution in [0.3, 0.4) is 0 Å². The number of amides is 2. The number of fused-ring (bicyclic) bond motifs is 3. The van der Waals surface area contributed by atoms with Crippen molar-refractivity contribution in [1.29, 1.82) is 0 Å². The fourth-order valence-electron chi connectivity index (χ4n) is 3.82. The van der Waals surface area contributed by atoms with Crippen molar-refractivity contribution in [2.45, 2.75) is 25.6 Å². The number of halogens is 1. The van der Waals surface area contributed by atoms with Gasteiger partial charge < -0.3 is 15.4 Å². The summed E-state index contributed by atoms with van der Waals surface area (Å²) in [6, 6.07) is 13.1. The third-order valence-corrected chi connectivity index (χ3v) is 5.12. The molecule has 1 atom stereocenters. The smallest absolute Gasteiger partial charge is 0.408 e. The maximum Gasteiger partial charge on any atom is 0.408 e. The first kappa shape index (κ1) is 17.1. The number of aromatic nitrogens is 1. The van der Waals surface area contributed by atoms with E-state index in [2.05, 4.69) is 0 Å². The highest BCUT2D eigenvalue weighted by Gasteiger charge is 2.36. The Kier molecular flexibility index (Phi) is 4.07. The maximum atomic E-state index is 13.2. The van der Waals surface area contributed by atoms with Gasteiger partial charge >= 0.3 is 6.09 Å². The molecule has 3 N–H and O–H groups in total. The monoisotopic (exact) mass is 367 g/mol. The molecule has 4 rings (SSSR count). The van der Waals surface area contributed by atoms with Crippen LogP contribution in [0.4, 0.5) is 9.18 Å². The van der Waals surface area contributed by atoms with Crippen LogP contribution in [0.1, 0.15) is 16.8 Å². The molecule has 138 valence electrons. The zero-order valence-corrected chi connectivity index (χ0v) is 14.4. The van der Waals surface area contributed by atoms with Crippen molar-refractivity contribution in [2.75, 3.05) is 0 Å². The van der Waals surface area contributed by atoms with Gasteiger partial charge in [0.25, 0.3) is 0 Å². The summed E-state index contributed by atoms with van der Waals surface area (Å²) in [6.07, 6.45) is -0.934. The molecular weight excluding hydrogens is 349 g/mol. The van der Waals surface area contributed by atoms with Crippen LogP contribution in [0, 0.1) is 5.82 Å². The average molecular weight is 367 g/mol. The van der Waals surface area contributed by atoms with Crippen LogP contribution in [0.2, 0.25) is 0 Å². The van der Waals surface area contributed by atoms with Crippen LogP contribution in [0.25, 0.3) is 10.9 Å². The van der Waals surface area contributed by atoms with E-state index in [1.54, 1.807) is 12.1 Å². The number of nitrogens with two attached hydrogens (primary N) is 1. The zero-order valence-electron chi connectivity index (χ0n) is 14.4. The Morgan fingerprint density at radius 3 is 2.52 bits per heavy atom. The Balaban J connectivity index is 1.86. The van der Waals surface area contributed by atoms with E-state index in [9.17, 15) is 19.1 Å². The second kappa shape index (κ2) is 6.42. The average Bonchev–Trinajstić information content (AvgIpc) is 2.96. The zero-order chi connectivity index (χ0) is 19.1. The molecule has 3 aromatic rings. The van der Waals surface area contributed by atoms with E-state index in [1.807, 2.05) is 28.8 Å². The van der Waals surface area contributed by atoms with Gasteiger partial charge in [0, 0.05) is 29.6 Å². The SMILES string of the molecule is NC(=O)C1Cc2c(n(Cc3ccc(F)cc3)c3ccccc23)CN1C(=O)O. The number of nitrogens with zero attached hydrogens (tertiary/aromatic N) is 2. The summed E-state index contributed by atoms with van der Waals surface area (Å²) in [5.41, 5.74) is 9.08. The number of para-hydroxylation sites is 1. The Labute approximate surface area is 154 Å².